The van der Waals surface area contributed by atoms with Gasteiger partial charge in [0.2, 0.25) is 0 Å². The van der Waals surface area contributed by atoms with Crippen LogP contribution in [0.1, 0.15) is 46.6 Å². The van der Waals surface area contributed by atoms with Gasteiger partial charge in [0.25, 0.3) is 5.91 Å². The van der Waals surface area contributed by atoms with Crippen LogP contribution in [0, 0.1) is 0 Å². The summed E-state index contributed by atoms with van der Waals surface area (Å²) in [5.74, 6) is 0.200. The van der Waals surface area contributed by atoms with E-state index < -0.39 is 0 Å². The number of aryl methyl sites for hydroxylation is 2. The highest BCUT2D eigenvalue weighted by Gasteiger charge is 2.26. The summed E-state index contributed by atoms with van der Waals surface area (Å²) in [6, 6.07) is 16.3. The predicted octanol–water partition coefficient (Wildman–Crippen LogP) is 3.53. The molecule has 0 spiro atoms. The van der Waals surface area contributed by atoms with Gasteiger partial charge in [-0.3, -0.25) is 4.79 Å². The third-order valence-corrected chi connectivity index (χ3v) is 4.83. The number of carbonyl (C=O) groups is 1. The molecule has 132 valence electrons. The summed E-state index contributed by atoms with van der Waals surface area (Å²) in [6.07, 6.45) is 2.87. The van der Waals surface area contributed by atoms with E-state index in [1.54, 1.807) is 0 Å². The van der Waals surface area contributed by atoms with Crippen molar-refractivity contribution in [3.8, 4) is 0 Å². The van der Waals surface area contributed by atoms with E-state index in [0.717, 1.165) is 24.9 Å². The van der Waals surface area contributed by atoms with Crippen LogP contribution in [-0.4, -0.2) is 21.3 Å². The second-order valence-corrected chi connectivity index (χ2v) is 6.46. The summed E-state index contributed by atoms with van der Waals surface area (Å²) in [4.78, 5) is 12.7. The molecular weight excluding hydrogens is 326 g/mol. The monoisotopic (exact) mass is 347 g/mol. The van der Waals surface area contributed by atoms with Crippen LogP contribution < -0.4 is 10.6 Å². The third-order valence-electron chi connectivity index (χ3n) is 4.83. The fraction of sp³-hybridized carbons (Fsp3) is 0.250. The van der Waals surface area contributed by atoms with Gasteiger partial charge in [0.1, 0.15) is 0 Å². The van der Waals surface area contributed by atoms with Crippen molar-refractivity contribution in [2.45, 2.75) is 32.2 Å². The normalized spacial score (nSPS) is 15.5. The van der Waals surface area contributed by atoms with Gasteiger partial charge in [0.15, 0.2) is 11.5 Å². The molecule has 4 rings (SSSR count). The average Bonchev–Trinajstić information content (AvgIpc) is 3.30. The first-order chi connectivity index (χ1) is 12.7. The van der Waals surface area contributed by atoms with Crippen molar-refractivity contribution in [1.82, 2.24) is 20.7 Å². The lowest BCUT2D eigenvalue weighted by atomic mass is 10.1. The molecule has 1 aliphatic carbocycles. The van der Waals surface area contributed by atoms with Crippen LogP contribution in [0.4, 0.5) is 11.5 Å². The molecule has 1 aliphatic rings. The molecule has 0 fully saturated rings. The lowest BCUT2D eigenvalue weighted by Gasteiger charge is -2.13. The van der Waals surface area contributed by atoms with Crippen molar-refractivity contribution in [3.05, 3.63) is 70.9 Å². The standard InChI is InChI=1S/C20H21N5O/c1-2-13-7-10-15(11-8-13)21-19-18(23-25-24-19)20(26)22-17-12-9-14-5-3-4-6-16(14)17/h3-8,10-11,17H,2,9,12H2,1H3,(H,22,26)(H2,21,23,24,25). The molecule has 26 heavy (non-hydrogen) atoms. The van der Waals surface area contributed by atoms with Gasteiger partial charge >= 0.3 is 0 Å². The fourth-order valence-electron chi connectivity index (χ4n) is 3.37. The Hall–Kier alpha value is -3.15. The number of nitrogens with one attached hydrogen (secondary N) is 3. The van der Waals surface area contributed by atoms with Crippen molar-refractivity contribution >= 4 is 17.4 Å². The second kappa shape index (κ2) is 7.00. The van der Waals surface area contributed by atoms with Crippen LogP contribution in [0.2, 0.25) is 0 Å². The predicted molar refractivity (Wildman–Crippen MR) is 100 cm³/mol. The Morgan fingerprint density at radius 2 is 1.96 bits per heavy atom. The Bertz CT molecular complexity index is 916. The summed E-state index contributed by atoms with van der Waals surface area (Å²) in [6.45, 7) is 2.11. The molecule has 0 saturated carbocycles. The number of aromatic amines is 1. The lowest BCUT2D eigenvalue weighted by Crippen LogP contribution is -2.28. The van der Waals surface area contributed by atoms with E-state index in [1.165, 1.54) is 16.7 Å². The van der Waals surface area contributed by atoms with Gasteiger partial charge in [0, 0.05) is 5.69 Å². The number of carbonyl (C=O) groups excluding carboxylic acids is 1. The van der Waals surface area contributed by atoms with Crippen LogP contribution in [-0.2, 0) is 12.8 Å². The van der Waals surface area contributed by atoms with E-state index in [0.29, 0.717) is 5.82 Å². The molecule has 0 bridgehead atoms. The van der Waals surface area contributed by atoms with E-state index in [9.17, 15) is 4.79 Å². The largest absolute Gasteiger partial charge is 0.344 e. The minimum atomic E-state index is -0.229. The zero-order valence-corrected chi connectivity index (χ0v) is 14.6. The lowest BCUT2D eigenvalue weighted by molar-refractivity contribution is 0.0932. The molecule has 1 aromatic heterocycles. The number of hydrogen-bond donors (Lipinski definition) is 3. The van der Waals surface area contributed by atoms with Crippen molar-refractivity contribution in [3.63, 3.8) is 0 Å². The summed E-state index contributed by atoms with van der Waals surface area (Å²) in [7, 11) is 0. The molecule has 2 aromatic carbocycles. The van der Waals surface area contributed by atoms with Gasteiger partial charge in [-0.1, -0.05) is 43.3 Å². The number of aromatic nitrogens is 3. The van der Waals surface area contributed by atoms with Gasteiger partial charge in [-0.2, -0.15) is 5.21 Å². The molecule has 1 amide bonds. The van der Waals surface area contributed by atoms with E-state index in [1.807, 2.05) is 24.3 Å². The fourth-order valence-corrected chi connectivity index (χ4v) is 3.37. The van der Waals surface area contributed by atoms with Gasteiger partial charge in [-0.05, 0) is 48.1 Å². The first-order valence-electron chi connectivity index (χ1n) is 8.90. The topological polar surface area (TPSA) is 82.7 Å². The number of benzene rings is 2. The van der Waals surface area contributed by atoms with Crippen LogP contribution in [0.5, 0.6) is 0 Å². The van der Waals surface area contributed by atoms with Crippen LogP contribution in [0.15, 0.2) is 48.5 Å². The number of rotatable bonds is 5. The van der Waals surface area contributed by atoms with E-state index >= 15 is 0 Å². The molecule has 3 aromatic rings. The van der Waals surface area contributed by atoms with Gasteiger partial charge in [-0.25, -0.2) is 0 Å². The van der Waals surface area contributed by atoms with Crippen LogP contribution in [0.25, 0.3) is 0 Å². The Kier molecular flexibility index (Phi) is 4.39. The van der Waals surface area contributed by atoms with Crippen molar-refractivity contribution in [2.24, 2.45) is 0 Å². The summed E-state index contributed by atoms with van der Waals surface area (Å²) < 4.78 is 0. The highest BCUT2D eigenvalue weighted by atomic mass is 16.2. The van der Waals surface area contributed by atoms with Crippen LogP contribution >= 0.6 is 0 Å². The minimum Gasteiger partial charge on any atom is -0.344 e. The number of fused-ring (bicyclic) bond motifs is 1. The number of anilines is 2. The minimum absolute atomic E-state index is 0.0205. The summed E-state index contributed by atoms with van der Waals surface area (Å²) >= 11 is 0. The number of H-pyrrole nitrogens is 1. The van der Waals surface area contributed by atoms with Gasteiger partial charge in [-0.15, -0.1) is 10.2 Å². The molecule has 1 atom stereocenters. The van der Waals surface area contributed by atoms with Gasteiger partial charge in [0.05, 0.1) is 6.04 Å². The molecule has 6 nitrogen and oxygen atoms in total. The average molecular weight is 347 g/mol. The maximum Gasteiger partial charge on any atom is 0.276 e. The summed E-state index contributed by atoms with van der Waals surface area (Å²) in [5, 5.41) is 16.9. The molecule has 0 saturated heterocycles. The van der Waals surface area contributed by atoms with E-state index in [-0.39, 0.29) is 17.6 Å². The number of nitrogens with zero attached hydrogens (tertiary/aromatic N) is 2. The third kappa shape index (κ3) is 3.18. The van der Waals surface area contributed by atoms with Crippen molar-refractivity contribution < 1.29 is 4.79 Å². The second-order valence-electron chi connectivity index (χ2n) is 6.46. The first-order valence-corrected chi connectivity index (χ1v) is 8.90. The quantitative estimate of drug-likeness (QED) is 0.659. The number of hydrogen-bond acceptors (Lipinski definition) is 4. The van der Waals surface area contributed by atoms with Crippen molar-refractivity contribution in [2.75, 3.05) is 5.32 Å². The summed E-state index contributed by atoms with van der Waals surface area (Å²) in [5.41, 5.74) is 4.89. The molecule has 6 heteroatoms. The zero-order valence-electron chi connectivity index (χ0n) is 14.6. The van der Waals surface area contributed by atoms with Crippen LogP contribution in [0.3, 0.4) is 0 Å². The smallest absolute Gasteiger partial charge is 0.276 e. The number of amides is 1. The molecule has 3 N–H and O–H groups in total. The maximum atomic E-state index is 12.7. The highest BCUT2D eigenvalue weighted by molar-refractivity contribution is 5.97. The Morgan fingerprint density at radius 1 is 1.15 bits per heavy atom. The molecule has 1 unspecified atom stereocenters. The van der Waals surface area contributed by atoms with Gasteiger partial charge < -0.3 is 10.6 Å². The highest BCUT2D eigenvalue weighted by Crippen LogP contribution is 2.31. The van der Waals surface area contributed by atoms with E-state index in [2.05, 4.69) is 57.2 Å². The first kappa shape index (κ1) is 16.3. The molecule has 1 heterocycles. The molecule has 0 aliphatic heterocycles. The Labute approximate surface area is 152 Å². The Morgan fingerprint density at radius 3 is 2.77 bits per heavy atom. The van der Waals surface area contributed by atoms with E-state index in [4.69, 9.17) is 0 Å². The maximum absolute atomic E-state index is 12.7. The van der Waals surface area contributed by atoms with Crippen molar-refractivity contribution in [1.29, 1.82) is 0 Å². The SMILES string of the molecule is CCc1ccc(Nc2n[nH]nc2C(=O)NC2CCc3ccccc32)cc1. The zero-order chi connectivity index (χ0) is 17.9. The Balaban J connectivity index is 1.48. The molecular formula is C20H21N5O. The molecule has 0 radical (unpaired) electrons.